The van der Waals surface area contributed by atoms with E-state index in [2.05, 4.69) is 15.6 Å². The van der Waals surface area contributed by atoms with E-state index in [4.69, 9.17) is 9.47 Å². The Morgan fingerprint density at radius 2 is 2.11 bits per heavy atom. The number of hydrogen-bond donors (Lipinski definition) is 3. The fraction of sp³-hybridized carbons (Fsp3) is 0.889. The molecule has 0 aromatic heterocycles. The molecule has 2 unspecified atom stereocenters. The van der Waals surface area contributed by atoms with Gasteiger partial charge in [0.05, 0.1) is 12.7 Å². The van der Waals surface area contributed by atoms with Crippen LogP contribution in [0.25, 0.3) is 0 Å². The molecule has 0 radical (unpaired) electrons. The van der Waals surface area contributed by atoms with E-state index in [1.807, 2.05) is 0 Å². The van der Waals surface area contributed by atoms with E-state index in [9.17, 15) is 9.90 Å². The maximum atomic E-state index is 11.9. The highest BCUT2D eigenvalue weighted by Crippen LogP contribution is 2.31. The molecule has 0 saturated carbocycles. The fourth-order valence-corrected chi connectivity index (χ4v) is 3.22. The van der Waals surface area contributed by atoms with Crippen LogP contribution in [0.5, 0.6) is 0 Å². The minimum absolute atomic E-state index is 0. The van der Waals surface area contributed by atoms with Crippen molar-refractivity contribution in [3.8, 4) is 0 Å². The molecule has 2 fully saturated rings. The van der Waals surface area contributed by atoms with E-state index in [-0.39, 0.29) is 54.6 Å². The largest absolute Gasteiger partial charge is 0.396 e. The first-order valence-corrected chi connectivity index (χ1v) is 9.57. The second-order valence-electron chi connectivity index (χ2n) is 7.45. The Kier molecular flexibility index (Phi) is 11.5. The van der Waals surface area contributed by atoms with Gasteiger partial charge in [-0.15, -0.1) is 24.0 Å². The molecular weight excluding hydrogens is 463 g/mol. The average molecular weight is 498 g/mol. The zero-order valence-corrected chi connectivity index (χ0v) is 18.9. The van der Waals surface area contributed by atoms with Gasteiger partial charge in [-0.3, -0.25) is 4.79 Å². The van der Waals surface area contributed by atoms with Crippen molar-refractivity contribution in [1.82, 2.24) is 15.5 Å². The number of hydrogen-bond acceptors (Lipinski definition) is 5. The van der Waals surface area contributed by atoms with Crippen molar-refractivity contribution < 1.29 is 19.4 Å². The second-order valence-corrected chi connectivity index (χ2v) is 7.45. The first-order valence-electron chi connectivity index (χ1n) is 9.57. The minimum atomic E-state index is -0.0793. The summed E-state index contributed by atoms with van der Waals surface area (Å²) in [5.41, 5.74) is -0.0793. The lowest BCUT2D eigenvalue weighted by molar-refractivity contribution is -0.127. The number of amides is 1. The fourth-order valence-electron chi connectivity index (χ4n) is 3.22. The quantitative estimate of drug-likeness (QED) is 0.258. The van der Waals surface area contributed by atoms with Crippen LogP contribution in [0.15, 0.2) is 4.99 Å². The maximum Gasteiger partial charge on any atom is 0.243 e. The molecule has 2 saturated heterocycles. The topological polar surface area (TPSA) is 95.4 Å². The van der Waals surface area contributed by atoms with Crippen LogP contribution in [-0.4, -0.2) is 88.1 Å². The van der Waals surface area contributed by atoms with Crippen LogP contribution in [0.2, 0.25) is 0 Å². The van der Waals surface area contributed by atoms with E-state index in [1.54, 1.807) is 14.1 Å². The third kappa shape index (κ3) is 8.49. The summed E-state index contributed by atoms with van der Waals surface area (Å²) in [6.45, 7) is 3.72. The van der Waals surface area contributed by atoms with Gasteiger partial charge < -0.3 is 30.1 Å². The van der Waals surface area contributed by atoms with Gasteiger partial charge in [0.25, 0.3) is 0 Å². The van der Waals surface area contributed by atoms with E-state index in [0.29, 0.717) is 32.1 Å². The summed E-state index contributed by atoms with van der Waals surface area (Å²) in [6.07, 6.45) is 5.13. The summed E-state index contributed by atoms with van der Waals surface area (Å²) in [7, 11) is 3.45. The van der Waals surface area contributed by atoms with Crippen molar-refractivity contribution in [2.24, 2.45) is 10.4 Å². The van der Waals surface area contributed by atoms with Gasteiger partial charge in [0.2, 0.25) is 5.91 Å². The molecule has 0 spiro atoms. The van der Waals surface area contributed by atoms with Crippen LogP contribution in [0.3, 0.4) is 0 Å². The van der Waals surface area contributed by atoms with Gasteiger partial charge in [0.1, 0.15) is 6.54 Å². The number of aliphatic hydroxyl groups is 1. The molecule has 3 N–H and O–H groups in total. The summed E-state index contributed by atoms with van der Waals surface area (Å²) >= 11 is 0. The number of aliphatic hydroxyl groups excluding tert-OH is 1. The number of aliphatic imine (C=N–C) groups is 1. The van der Waals surface area contributed by atoms with Gasteiger partial charge >= 0.3 is 0 Å². The van der Waals surface area contributed by atoms with Crippen molar-refractivity contribution in [2.45, 2.75) is 38.2 Å². The van der Waals surface area contributed by atoms with E-state index >= 15 is 0 Å². The monoisotopic (exact) mass is 498 g/mol. The number of halogens is 1. The van der Waals surface area contributed by atoms with Crippen LogP contribution in [0.4, 0.5) is 0 Å². The molecule has 2 rings (SSSR count). The van der Waals surface area contributed by atoms with Crippen molar-refractivity contribution in [1.29, 1.82) is 0 Å². The Morgan fingerprint density at radius 1 is 1.30 bits per heavy atom. The number of carbonyl (C=O) groups excluding carboxylic acids is 1. The van der Waals surface area contributed by atoms with Gasteiger partial charge in [0, 0.05) is 52.4 Å². The first-order chi connectivity index (χ1) is 12.5. The summed E-state index contributed by atoms with van der Waals surface area (Å²) in [5.74, 6) is 0.563. The van der Waals surface area contributed by atoms with Gasteiger partial charge in [0.15, 0.2) is 5.96 Å². The highest BCUT2D eigenvalue weighted by Gasteiger charge is 2.34. The van der Waals surface area contributed by atoms with Gasteiger partial charge in [-0.2, -0.15) is 0 Å². The van der Waals surface area contributed by atoms with E-state index in [1.165, 1.54) is 11.3 Å². The van der Waals surface area contributed by atoms with Crippen molar-refractivity contribution in [3.63, 3.8) is 0 Å². The molecule has 9 heteroatoms. The molecule has 0 aliphatic carbocycles. The molecule has 2 heterocycles. The SMILES string of the molecule is CN(C)C(=O)CN=C(NCC1CCCCO1)NCC1(CCO)CCOC1.I. The number of rotatable bonds is 8. The molecule has 27 heavy (non-hydrogen) atoms. The zero-order chi connectivity index (χ0) is 18.8. The molecule has 158 valence electrons. The standard InChI is InChI=1S/C18H34N4O4.HI/c1-22(2)16(24)12-20-17(19-11-15-5-3-4-9-26-15)21-13-18(6-8-23)7-10-25-14-18;/h15,23H,3-14H2,1-2H3,(H2,19,20,21);1H. The molecule has 2 aliphatic heterocycles. The van der Waals surface area contributed by atoms with Gasteiger partial charge in [-0.25, -0.2) is 4.99 Å². The number of nitrogens with one attached hydrogen (secondary N) is 2. The normalized spacial score (nSPS) is 25.6. The number of ether oxygens (including phenoxy) is 2. The lowest BCUT2D eigenvalue weighted by Crippen LogP contribution is -2.47. The molecular formula is C18H35IN4O4. The summed E-state index contributed by atoms with van der Waals surface area (Å²) in [6, 6.07) is 0. The van der Waals surface area contributed by atoms with Crippen LogP contribution in [-0.2, 0) is 14.3 Å². The number of likely N-dealkylation sites (N-methyl/N-ethyl adjacent to an activating group) is 1. The molecule has 1 amide bonds. The van der Waals surface area contributed by atoms with Crippen LogP contribution in [0.1, 0.15) is 32.1 Å². The third-order valence-corrected chi connectivity index (χ3v) is 5.10. The zero-order valence-electron chi connectivity index (χ0n) is 16.5. The second kappa shape index (κ2) is 12.7. The molecule has 2 atom stereocenters. The van der Waals surface area contributed by atoms with Crippen LogP contribution >= 0.6 is 24.0 Å². The number of nitrogens with zero attached hydrogens (tertiary/aromatic N) is 2. The molecule has 2 aliphatic rings. The molecule has 0 aromatic carbocycles. The Bertz CT molecular complexity index is 464. The Hall–Kier alpha value is -0.650. The van der Waals surface area contributed by atoms with Crippen LogP contribution < -0.4 is 10.6 Å². The Balaban J connectivity index is 0.00000364. The van der Waals surface area contributed by atoms with Gasteiger partial charge in [-0.05, 0) is 32.1 Å². The molecule has 0 aromatic rings. The van der Waals surface area contributed by atoms with Gasteiger partial charge in [-0.1, -0.05) is 0 Å². The highest BCUT2D eigenvalue weighted by atomic mass is 127. The summed E-state index contributed by atoms with van der Waals surface area (Å²) in [4.78, 5) is 17.8. The molecule has 8 nitrogen and oxygen atoms in total. The average Bonchev–Trinajstić information content (AvgIpc) is 3.10. The number of guanidine groups is 1. The van der Waals surface area contributed by atoms with E-state index in [0.717, 1.165) is 32.5 Å². The predicted molar refractivity (Wildman–Crippen MR) is 116 cm³/mol. The Labute approximate surface area is 179 Å². The van der Waals surface area contributed by atoms with Crippen molar-refractivity contribution in [2.75, 3.05) is 60.2 Å². The smallest absolute Gasteiger partial charge is 0.243 e. The third-order valence-electron chi connectivity index (χ3n) is 5.10. The van der Waals surface area contributed by atoms with E-state index < -0.39 is 0 Å². The molecule has 0 bridgehead atoms. The lowest BCUT2D eigenvalue weighted by atomic mass is 9.84. The minimum Gasteiger partial charge on any atom is -0.396 e. The lowest BCUT2D eigenvalue weighted by Gasteiger charge is -2.29. The first kappa shape index (κ1) is 24.4. The summed E-state index contributed by atoms with van der Waals surface area (Å²) in [5, 5.41) is 16.0. The predicted octanol–water partition coefficient (Wildman–Crippen LogP) is 0.586. The van der Waals surface area contributed by atoms with Crippen molar-refractivity contribution in [3.05, 3.63) is 0 Å². The van der Waals surface area contributed by atoms with Crippen molar-refractivity contribution >= 4 is 35.8 Å². The highest BCUT2D eigenvalue weighted by molar-refractivity contribution is 14.0. The van der Waals surface area contributed by atoms with Crippen LogP contribution in [0, 0.1) is 5.41 Å². The number of carbonyl (C=O) groups is 1. The maximum absolute atomic E-state index is 11.9. The Morgan fingerprint density at radius 3 is 2.70 bits per heavy atom. The summed E-state index contributed by atoms with van der Waals surface area (Å²) < 4.78 is 11.3.